The summed E-state index contributed by atoms with van der Waals surface area (Å²) in [4.78, 5) is 9.34. The van der Waals surface area contributed by atoms with Crippen molar-refractivity contribution in [2.45, 2.75) is 32.4 Å². The first-order valence-corrected chi connectivity index (χ1v) is 9.98. The SMILES string of the molecule is CCN(CC1CCN(C(=NC)NCC(C)c2cccs2)C1)CC(F)(F)F. The average molecular weight is 391 g/mol. The number of aliphatic imine (C=N–C) groups is 1. The van der Waals surface area contributed by atoms with Crippen molar-refractivity contribution in [1.82, 2.24) is 15.1 Å². The van der Waals surface area contributed by atoms with Crippen molar-refractivity contribution in [3.8, 4) is 0 Å². The number of nitrogens with zero attached hydrogens (tertiary/aromatic N) is 3. The van der Waals surface area contributed by atoms with Gasteiger partial charge in [-0.25, -0.2) is 0 Å². The van der Waals surface area contributed by atoms with E-state index in [2.05, 4.69) is 39.6 Å². The van der Waals surface area contributed by atoms with Crippen LogP contribution >= 0.6 is 11.3 Å². The molecule has 1 saturated heterocycles. The van der Waals surface area contributed by atoms with E-state index in [9.17, 15) is 13.2 Å². The first-order valence-electron chi connectivity index (χ1n) is 9.10. The Bertz CT molecular complexity index is 559. The number of rotatable bonds is 7. The van der Waals surface area contributed by atoms with E-state index in [-0.39, 0.29) is 5.92 Å². The van der Waals surface area contributed by atoms with Crippen LogP contribution < -0.4 is 5.32 Å². The van der Waals surface area contributed by atoms with Gasteiger partial charge in [0.1, 0.15) is 0 Å². The van der Waals surface area contributed by atoms with Crippen LogP contribution in [0.3, 0.4) is 0 Å². The lowest BCUT2D eigenvalue weighted by Gasteiger charge is -2.26. The lowest BCUT2D eigenvalue weighted by molar-refractivity contribution is -0.146. The van der Waals surface area contributed by atoms with Crippen LogP contribution in [0.4, 0.5) is 13.2 Å². The van der Waals surface area contributed by atoms with Crippen LogP contribution in [0.25, 0.3) is 0 Å². The molecule has 0 aliphatic carbocycles. The van der Waals surface area contributed by atoms with Crippen molar-refractivity contribution in [3.63, 3.8) is 0 Å². The molecule has 1 aliphatic rings. The number of thiophene rings is 1. The minimum absolute atomic E-state index is 0.241. The predicted octanol–water partition coefficient (Wildman–Crippen LogP) is 3.63. The maximum atomic E-state index is 12.6. The Morgan fingerprint density at radius 3 is 2.85 bits per heavy atom. The Kier molecular flexibility index (Phi) is 7.76. The van der Waals surface area contributed by atoms with Crippen LogP contribution in [0.2, 0.25) is 0 Å². The van der Waals surface area contributed by atoms with Gasteiger partial charge in [0, 0.05) is 44.0 Å². The maximum absolute atomic E-state index is 12.6. The molecule has 1 aromatic heterocycles. The van der Waals surface area contributed by atoms with Crippen molar-refractivity contribution in [1.29, 1.82) is 0 Å². The number of nitrogens with one attached hydrogen (secondary N) is 1. The number of alkyl halides is 3. The first-order chi connectivity index (χ1) is 12.3. The molecule has 1 fully saturated rings. The third-order valence-corrected chi connectivity index (χ3v) is 5.86. The fourth-order valence-corrected chi connectivity index (χ4v) is 4.13. The molecule has 8 heteroatoms. The highest BCUT2D eigenvalue weighted by Gasteiger charge is 2.33. The summed E-state index contributed by atoms with van der Waals surface area (Å²) in [5.41, 5.74) is 0. The number of likely N-dealkylation sites (tertiary alicyclic amines) is 1. The topological polar surface area (TPSA) is 30.9 Å². The van der Waals surface area contributed by atoms with Crippen molar-refractivity contribution in [3.05, 3.63) is 22.4 Å². The van der Waals surface area contributed by atoms with Gasteiger partial charge in [0.25, 0.3) is 0 Å². The van der Waals surface area contributed by atoms with Crippen LogP contribution in [-0.2, 0) is 0 Å². The fourth-order valence-electron chi connectivity index (χ4n) is 3.35. The molecule has 0 aromatic carbocycles. The first kappa shape index (κ1) is 21.0. The molecule has 148 valence electrons. The van der Waals surface area contributed by atoms with Gasteiger partial charge in [0.05, 0.1) is 6.54 Å². The van der Waals surface area contributed by atoms with Crippen LogP contribution in [0.5, 0.6) is 0 Å². The molecule has 0 saturated carbocycles. The van der Waals surface area contributed by atoms with Crippen LogP contribution in [0.1, 0.15) is 31.1 Å². The smallest absolute Gasteiger partial charge is 0.356 e. The van der Waals surface area contributed by atoms with E-state index in [0.717, 1.165) is 32.0 Å². The summed E-state index contributed by atoms with van der Waals surface area (Å²) in [7, 11) is 1.76. The highest BCUT2D eigenvalue weighted by molar-refractivity contribution is 7.10. The van der Waals surface area contributed by atoms with Crippen molar-refractivity contribution >= 4 is 17.3 Å². The normalized spacial score (nSPS) is 20.0. The van der Waals surface area contributed by atoms with Gasteiger partial charge in [-0.2, -0.15) is 13.2 Å². The monoisotopic (exact) mass is 390 g/mol. The summed E-state index contributed by atoms with van der Waals surface area (Å²) in [6.07, 6.45) is -3.24. The van der Waals surface area contributed by atoms with E-state index in [1.807, 2.05) is 0 Å². The van der Waals surface area contributed by atoms with E-state index in [4.69, 9.17) is 0 Å². The van der Waals surface area contributed by atoms with Gasteiger partial charge in [-0.05, 0) is 30.3 Å². The van der Waals surface area contributed by atoms with Crippen molar-refractivity contribution in [2.24, 2.45) is 10.9 Å². The zero-order valence-electron chi connectivity index (χ0n) is 15.7. The molecule has 0 amide bonds. The summed E-state index contributed by atoms with van der Waals surface area (Å²) in [6.45, 7) is 6.41. The van der Waals surface area contributed by atoms with E-state index < -0.39 is 12.7 Å². The lowest BCUT2D eigenvalue weighted by atomic mass is 10.1. The summed E-state index contributed by atoms with van der Waals surface area (Å²) >= 11 is 1.75. The number of hydrogen-bond acceptors (Lipinski definition) is 3. The second-order valence-electron chi connectivity index (χ2n) is 6.89. The predicted molar refractivity (Wildman–Crippen MR) is 102 cm³/mol. The molecule has 1 aromatic rings. The third kappa shape index (κ3) is 6.46. The second-order valence-corrected chi connectivity index (χ2v) is 7.87. The highest BCUT2D eigenvalue weighted by atomic mass is 32.1. The number of hydrogen-bond donors (Lipinski definition) is 1. The van der Waals surface area contributed by atoms with Gasteiger partial charge in [-0.1, -0.05) is 19.9 Å². The van der Waals surface area contributed by atoms with Gasteiger partial charge in [0.15, 0.2) is 5.96 Å². The molecular formula is C18H29F3N4S. The van der Waals surface area contributed by atoms with Crippen molar-refractivity contribution in [2.75, 3.05) is 46.3 Å². The summed E-state index contributed by atoms with van der Waals surface area (Å²) < 4.78 is 37.9. The van der Waals surface area contributed by atoms with E-state index in [0.29, 0.717) is 19.0 Å². The van der Waals surface area contributed by atoms with Crippen LogP contribution in [0.15, 0.2) is 22.5 Å². The van der Waals surface area contributed by atoms with E-state index in [1.54, 1.807) is 25.3 Å². The minimum Gasteiger partial charge on any atom is -0.356 e. The fraction of sp³-hybridized carbons (Fsp3) is 0.722. The Labute approximate surface area is 158 Å². The summed E-state index contributed by atoms with van der Waals surface area (Å²) in [6, 6.07) is 4.18. The zero-order valence-corrected chi connectivity index (χ0v) is 16.5. The molecule has 2 atom stereocenters. The van der Waals surface area contributed by atoms with Gasteiger partial charge in [-0.3, -0.25) is 9.89 Å². The van der Waals surface area contributed by atoms with Gasteiger partial charge >= 0.3 is 6.18 Å². The second kappa shape index (κ2) is 9.60. The van der Waals surface area contributed by atoms with Crippen molar-refractivity contribution < 1.29 is 13.2 Å². The molecule has 0 bridgehead atoms. The molecular weight excluding hydrogens is 361 g/mol. The maximum Gasteiger partial charge on any atom is 0.401 e. The lowest BCUT2D eigenvalue weighted by Crippen LogP contribution is -2.42. The van der Waals surface area contributed by atoms with Crippen LogP contribution in [-0.4, -0.2) is 68.3 Å². The van der Waals surface area contributed by atoms with Gasteiger partial charge in [-0.15, -0.1) is 11.3 Å². The molecule has 4 nitrogen and oxygen atoms in total. The molecule has 0 radical (unpaired) electrons. The Morgan fingerprint density at radius 1 is 1.50 bits per heavy atom. The Balaban J connectivity index is 1.81. The molecule has 1 N–H and O–H groups in total. The summed E-state index contributed by atoms with van der Waals surface area (Å²) in [5.74, 6) is 1.48. The average Bonchev–Trinajstić information content (AvgIpc) is 3.25. The van der Waals surface area contributed by atoms with E-state index >= 15 is 0 Å². The molecule has 2 unspecified atom stereocenters. The quantitative estimate of drug-likeness (QED) is 0.570. The van der Waals surface area contributed by atoms with Crippen LogP contribution in [0, 0.1) is 5.92 Å². The van der Waals surface area contributed by atoms with Gasteiger partial charge < -0.3 is 10.2 Å². The highest BCUT2D eigenvalue weighted by Crippen LogP contribution is 2.22. The minimum atomic E-state index is -4.14. The standard InChI is InChI=1S/C18H29F3N4S/c1-4-24(13-18(19,20)21)11-15-7-8-25(12-15)17(22-3)23-10-14(2)16-6-5-9-26-16/h5-6,9,14-15H,4,7-8,10-13H2,1-3H3,(H,22,23). The van der Waals surface area contributed by atoms with Gasteiger partial charge in [0.2, 0.25) is 0 Å². The third-order valence-electron chi connectivity index (χ3n) is 4.76. The summed E-state index contributed by atoms with van der Waals surface area (Å²) in [5, 5.41) is 5.49. The zero-order chi connectivity index (χ0) is 19.2. The molecule has 0 spiro atoms. The molecule has 2 heterocycles. The number of guanidine groups is 1. The Morgan fingerprint density at radius 2 is 2.27 bits per heavy atom. The molecule has 26 heavy (non-hydrogen) atoms. The molecule has 1 aliphatic heterocycles. The number of halogens is 3. The Hall–Kier alpha value is -1.28. The molecule has 2 rings (SSSR count). The largest absolute Gasteiger partial charge is 0.401 e. The van der Waals surface area contributed by atoms with E-state index in [1.165, 1.54) is 9.78 Å².